The highest BCUT2D eigenvalue weighted by Crippen LogP contribution is 2.32. The average Bonchev–Trinajstić information content (AvgIpc) is 3.38. The first-order chi connectivity index (χ1) is 20.2. The molecule has 42 heavy (non-hydrogen) atoms. The van der Waals surface area contributed by atoms with Crippen LogP contribution in [0.25, 0.3) is 10.9 Å². The normalized spacial score (nSPS) is 11.3. The molecule has 3 amide bonds. The summed E-state index contributed by atoms with van der Waals surface area (Å²) in [6.45, 7) is 11.7. The first-order valence-electron chi connectivity index (χ1n) is 14.9. The van der Waals surface area contributed by atoms with E-state index in [9.17, 15) is 14.0 Å². The molecule has 4 rings (SSSR count). The maximum absolute atomic E-state index is 13.9. The monoisotopic (exact) mass is 570 g/mol. The number of amides is 3. The third kappa shape index (κ3) is 7.58. The standard InChI is InChI=1S/C35H43FN4O2/c1-6-19-40(35(42)38-34-29(24(2)3)11-9-12-30(34)25(4)5)23-33(41)39(22-26-14-16-28(36)17-15-26)20-18-27-21-37-32-13-8-7-10-31(27)32/h7-17,21,24-25,37H,6,18-20,22-23H2,1-5H3,(H,38,42). The summed E-state index contributed by atoms with van der Waals surface area (Å²) in [5, 5.41) is 4.30. The van der Waals surface area contributed by atoms with Crippen molar-refractivity contribution in [2.45, 2.75) is 65.8 Å². The Hall–Kier alpha value is -4.13. The molecular weight excluding hydrogens is 527 g/mol. The number of fused-ring (bicyclic) bond motifs is 1. The topological polar surface area (TPSA) is 68.4 Å². The lowest BCUT2D eigenvalue weighted by Crippen LogP contribution is -2.45. The van der Waals surface area contributed by atoms with Gasteiger partial charge in [0.05, 0.1) is 0 Å². The number of anilines is 1. The zero-order valence-corrected chi connectivity index (χ0v) is 25.4. The number of hydrogen-bond acceptors (Lipinski definition) is 2. The Labute approximate surface area is 248 Å². The van der Waals surface area contributed by atoms with Crippen molar-refractivity contribution < 1.29 is 14.0 Å². The van der Waals surface area contributed by atoms with Gasteiger partial charge in [-0.25, -0.2) is 9.18 Å². The summed E-state index contributed by atoms with van der Waals surface area (Å²) in [5.41, 5.74) is 6.00. The SMILES string of the molecule is CCCN(CC(=O)N(CCc1c[nH]c2ccccc12)Cc1ccc(F)cc1)C(=O)Nc1c(C(C)C)cccc1C(C)C. The Morgan fingerprint density at radius 1 is 0.857 bits per heavy atom. The Morgan fingerprint density at radius 2 is 1.52 bits per heavy atom. The number of rotatable bonds is 12. The van der Waals surface area contributed by atoms with E-state index in [2.05, 4.69) is 56.2 Å². The highest BCUT2D eigenvalue weighted by molar-refractivity contribution is 5.94. The minimum absolute atomic E-state index is 0.0460. The number of nitrogens with zero attached hydrogens (tertiary/aromatic N) is 2. The fourth-order valence-electron chi connectivity index (χ4n) is 5.36. The Morgan fingerprint density at radius 3 is 2.17 bits per heavy atom. The van der Waals surface area contributed by atoms with Gasteiger partial charge in [-0.3, -0.25) is 4.79 Å². The first kappa shape index (κ1) is 30.8. The summed E-state index contributed by atoms with van der Waals surface area (Å²) in [6, 6.07) is 20.2. The van der Waals surface area contributed by atoms with Crippen molar-refractivity contribution in [2.24, 2.45) is 0 Å². The lowest BCUT2D eigenvalue weighted by atomic mass is 9.93. The molecule has 0 unspecified atom stereocenters. The van der Waals surface area contributed by atoms with E-state index in [-0.39, 0.29) is 36.1 Å². The van der Waals surface area contributed by atoms with Gasteiger partial charge in [-0.1, -0.05) is 83.1 Å². The van der Waals surface area contributed by atoms with Gasteiger partial charge < -0.3 is 20.1 Å². The Balaban J connectivity index is 1.55. The minimum Gasteiger partial charge on any atom is -0.361 e. The fourth-order valence-corrected chi connectivity index (χ4v) is 5.36. The van der Waals surface area contributed by atoms with E-state index < -0.39 is 0 Å². The zero-order chi connectivity index (χ0) is 30.2. The number of carbonyl (C=O) groups is 2. The third-order valence-corrected chi connectivity index (χ3v) is 7.68. The molecule has 0 bridgehead atoms. The van der Waals surface area contributed by atoms with E-state index in [0.29, 0.717) is 26.1 Å². The molecule has 0 aliphatic rings. The van der Waals surface area contributed by atoms with Crippen molar-refractivity contribution >= 4 is 28.5 Å². The maximum Gasteiger partial charge on any atom is 0.322 e. The molecule has 0 saturated heterocycles. The van der Waals surface area contributed by atoms with E-state index in [1.54, 1.807) is 21.9 Å². The number of halogens is 1. The number of benzene rings is 3. The largest absolute Gasteiger partial charge is 0.361 e. The molecule has 0 aliphatic heterocycles. The molecule has 2 N–H and O–H groups in total. The number of hydrogen-bond donors (Lipinski definition) is 2. The molecule has 3 aromatic carbocycles. The van der Waals surface area contributed by atoms with Crippen LogP contribution in [-0.2, 0) is 17.8 Å². The lowest BCUT2D eigenvalue weighted by Gasteiger charge is -2.29. The minimum atomic E-state index is -0.316. The summed E-state index contributed by atoms with van der Waals surface area (Å²) in [4.78, 5) is 34.2. The average molecular weight is 571 g/mol. The molecular formula is C35H43FN4O2. The van der Waals surface area contributed by atoms with Gasteiger partial charge in [-0.15, -0.1) is 0 Å². The fraction of sp³-hybridized carbons (Fsp3) is 0.371. The van der Waals surface area contributed by atoms with Crippen molar-refractivity contribution in [3.8, 4) is 0 Å². The molecule has 0 fully saturated rings. The second kappa shape index (κ2) is 14.2. The number of para-hydroxylation sites is 2. The second-order valence-electron chi connectivity index (χ2n) is 11.5. The number of aromatic amines is 1. The zero-order valence-electron chi connectivity index (χ0n) is 25.4. The number of urea groups is 1. The van der Waals surface area contributed by atoms with Crippen molar-refractivity contribution in [3.05, 3.63) is 101 Å². The number of nitrogens with one attached hydrogen (secondary N) is 2. The molecule has 0 spiro atoms. The molecule has 0 saturated carbocycles. The predicted molar refractivity (Wildman–Crippen MR) is 169 cm³/mol. The Bertz CT molecular complexity index is 1470. The molecule has 7 heteroatoms. The van der Waals surface area contributed by atoms with Gasteiger partial charge in [-0.2, -0.15) is 0 Å². The van der Waals surface area contributed by atoms with Crippen LogP contribution in [-0.4, -0.2) is 46.4 Å². The van der Waals surface area contributed by atoms with Gasteiger partial charge in [0.2, 0.25) is 5.91 Å². The second-order valence-corrected chi connectivity index (χ2v) is 11.5. The predicted octanol–water partition coefficient (Wildman–Crippen LogP) is 8.07. The number of aromatic nitrogens is 1. The summed E-state index contributed by atoms with van der Waals surface area (Å²) in [7, 11) is 0. The van der Waals surface area contributed by atoms with Gasteiger partial charge in [0.15, 0.2) is 0 Å². The maximum atomic E-state index is 13.9. The first-order valence-corrected chi connectivity index (χ1v) is 14.9. The summed E-state index contributed by atoms with van der Waals surface area (Å²) in [5.74, 6) is -0.000378. The van der Waals surface area contributed by atoms with E-state index in [1.165, 1.54) is 12.1 Å². The van der Waals surface area contributed by atoms with Gasteiger partial charge >= 0.3 is 6.03 Å². The highest BCUT2D eigenvalue weighted by Gasteiger charge is 2.24. The van der Waals surface area contributed by atoms with Crippen molar-refractivity contribution in [2.75, 3.05) is 25.0 Å². The Kier molecular flexibility index (Phi) is 10.4. The smallest absolute Gasteiger partial charge is 0.322 e. The van der Waals surface area contributed by atoms with Gasteiger partial charge in [0, 0.05) is 42.4 Å². The molecule has 4 aromatic rings. The molecule has 0 aliphatic carbocycles. The molecule has 0 radical (unpaired) electrons. The van der Waals surface area contributed by atoms with Crippen LogP contribution in [0, 0.1) is 5.82 Å². The highest BCUT2D eigenvalue weighted by atomic mass is 19.1. The molecule has 222 valence electrons. The van der Waals surface area contributed by atoms with E-state index in [4.69, 9.17) is 0 Å². The molecule has 6 nitrogen and oxygen atoms in total. The van der Waals surface area contributed by atoms with Crippen LogP contribution in [0.3, 0.4) is 0 Å². The lowest BCUT2D eigenvalue weighted by molar-refractivity contribution is -0.132. The molecule has 1 heterocycles. The van der Waals surface area contributed by atoms with E-state index >= 15 is 0 Å². The van der Waals surface area contributed by atoms with Crippen LogP contribution < -0.4 is 5.32 Å². The van der Waals surface area contributed by atoms with E-state index in [1.807, 2.05) is 37.4 Å². The third-order valence-electron chi connectivity index (χ3n) is 7.68. The van der Waals surface area contributed by atoms with Crippen molar-refractivity contribution in [1.82, 2.24) is 14.8 Å². The van der Waals surface area contributed by atoms with Crippen LogP contribution in [0.2, 0.25) is 0 Å². The van der Waals surface area contributed by atoms with E-state index in [0.717, 1.165) is 45.3 Å². The van der Waals surface area contributed by atoms with Crippen LogP contribution >= 0.6 is 0 Å². The van der Waals surface area contributed by atoms with Crippen LogP contribution in [0.1, 0.15) is 75.1 Å². The van der Waals surface area contributed by atoms with Gasteiger partial charge in [0.25, 0.3) is 0 Å². The molecule has 0 atom stereocenters. The van der Waals surface area contributed by atoms with Crippen LogP contribution in [0.15, 0.2) is 72.9 Å². The van der Waals surface area contributed by atoms with Gasteiger partial charge in [0.1, 0.15) is 12.4 Å². The number of carbonyl (C=O) groups excluding carboxylic acids is 2. The van der Waals surface area contributed by atoms with Crippen LogP contribution in [0.4, 0.5) is 14.9 Å². The number of H-pyrrole nitrogens is 1. The van der Waals surface area contributed by atoms with Crippen molar-refractivity contribution in [3.63, 3.8) is 0 Å². The van der Waals surface area contributed by atoms with Gasteiger partial charge in [-0.05, 0) is 65.1 Å². The summed E-state index contributed by atoms with van der Waals surface area (Å²) in [6.07, 6.45) is 3.35. The summed E-state index contributed by atoms with van der Waals surface area (Å²) >= 11 is 0. The quantitative estimate of drug-likeness (QED) is 0.181. The molecule has 1 aromatic heterocycles. The van der Waals surface area contributed by atoms with Crippen molar-refractivity contribution in [1.29, 1.82) is 0 Å². The van der Waals surface area contributed by atoms with Crippen LogP contribution in [0.5, 0.6) is 0 Å². The summed E-state index contributed by atoms with van der Waals surface area (Å²) < 4.78 is 13.6.